The predicted octanol–water partition coefficient (Wildman–Crippen LogP) is 4.21. The predicted molar refractivity (Wildman–Crippen MR) is 63.8 cm³/mol. The molecule has 0 saturated carbocycles. The molecule has 2 nitrogen and oxygen atoms in total. The zero-order chi connectivity index (χ0) is 14.9. The summed E-state index contributed by atoms with van der Waals surface area (Å²) in [6, 6.07) is 7.96. The number of carbonyl (C=O) groups is 1. The van der Waals surface area contributed by atoms with Gasteiger partial charge in [0.2, 0.25) is 0 Å². The molecule has 2 aromatic rings. The zero-order valence-corrected chi connectivity index (χ0v) is 9.91. The highest BCUT2D eigenvalue weighted by Crippen LogP contribution is 2.35. The number of hydrogen-bond acceptors (Lipinski definition) is 1. The van der Waals surface area contributed by atoms with Crippen LogP contribution in [-0.2, 0) is 6.18 Å². The van der Waals surface area contributed by atoms with Gasteiger partial charge in [-0.05, 0) is 23.8 Å². The Kier molecular flexibility index (Phi) is 3.48. The van der Waals surface area contributed by atoms with Crippen molar-refractivity contribution < 1.29 is 27.5 Å². The van der Waals surface area contributed by atoms with E-state index in [1.54, 1.807) is 0 Å². The topological polar surface area (TPSA) is 37.3 Å². The van der Waals surface area contributed by atoms with Crippen molar-refractivity contribution in [2.45, 2.75) is 6.18 Å². The van der Waals surface area contributed by atoms with Crippen LogP contribution in [0.4, 0.5) is 17.6 Å². The maximum atomic E-state index is 13.6. The van der Waals surface area contributed by atoms with E-state index < -0.39 is 29.1 Å². The largest absolute Gasteiger partial charge is 0.478 e. The molecule has 0 radical (unpaired) electrons. The Bertz CT molecular complexity index is 662. The lowest BCUT2D eigenvalue weighted by atomic mass is 9.98. The van der Waals surface area contributed by atoms with Crippen molar-refractivity contribution >= 4 is 5.97 Å². The van der Waals surface area contributed by atoms with E-state index in [1.165, 1.54) is 18.2 Å². The van der Waals surface area contributed by atoms with Gasteiger partial charge in [0.25, 0.3) is 0 Å². The third-order valence-corrected chi connectivity index (χ3v) is 2.74. The van der Waals surface area contributed by atoms with Crippen molar-refractivity contribution in [2.24, 2.45) is 0 Å². The van der Waals surface area contributed by atoms with Crippen molar-refractivity contribution in [3.8, 4) is 11.1 Å². The van der Waals surface area contributed by atoms with E-state index in [1.807, 2.05) is 0 Å². The van der Waals surface area contributed by atoms with Crippen LogP contribution in [0.15, 0.2) is 42.5 Å². The van der Waals surface area contributed by atoms with Gasteiger partial charge in [-0.15, -0.1) is 0 Å². The lowest BCUT2D eigenvalue weighted by molar-refractivity contribution is -0.138. The van der Waals surface area contributed by atoms with E-state index in [0.29, 0.717) is 6.07 Å². The summed E-state index contributed by atoms with van der Waals surface area (Å²) in [5.41, 5.74) is -2.21. The van der Waals surface area contributed by atoms with Gasteiger partial charge in [-0.2, -0.15) is 13.2 Å². The standard InChI is InChI=1S/C14H8F4O2/c15-12-4-2-1-3-9(12)8-5-6-10(13(19)20)11(7-8)14(16,17)18/h1-7H,(H,19,20). The van der Waals surface area contributed by atoms with E-state index in [9.17, 15) is 22.4 Å². The summed E-state index contributed by atoms with van der Waals surface area (Å²) in [6.07, 6.45) is -4.82. The average molecular weight is 284 g/mol. The molecule has 104 valence electrons. The Morgan fingerprint density at radius 1 is 1.05 bits per heavy atom. The molecule has 0 aromatic heterocycles. The van der Waals surface area contributed by atoms with E-state index >= 15 is 0 Å². The Morgan fingerprint density at radius 3 is 2.25 bits per heavy atom. The van der Waals surface area contributed by atoms with E-state index in [0.717, 1.165) is 18.2 Å². The number of hydrogen-bond donors (Lipinski definition) is 1. The molecule has 0 aliphatic rings. The third kappa shape index (κ3) is 2.64. The Hall–Kier alpha value is -2.37. The van der Waals surface area contributed by atoms with Crippen LogP contribution in [0.5, 0.6) is 0 Å². The van der Waals surface area contributed by atoms with Crippen molar-refractivity contribution in [3.05, 3.63) is 59.4 Å². The Labute approximate surface area is 111 Å². The monoisotopic (exact) mass is 284 g/mol. The first-order valence-corrected chi connectivity index (χ1v) is 5.50. The first-order chi connectivity index (χ1) is 9.30. The number of rotatable bonds is 2. The fraction of sp³-hybridized carbons (Fsp3) is 0.0714. The van der Waals surface area contributed by atoms with Crippen LogP contribution in [0.3, 0.4) is 0 Å². The molecule has 0 fully saturated rings. The summed E-state index contributed by atoms with van der Waals surface area (Å²) < 4.78 is 52.1. The first-order valence-electron chi connectivity index (χ1n) is 5.50. The molecular weight excluding hydrogens is 276 g/mol. The maximum absolute atomic E-state index is 13.6. The van der Waals surface area contributed by atoms with Gasteiger partial charge in [-0.25, -0.2) is 9.18 Å². The molecule has 0 unspecified atom stereocenters. The van der Waals surface area contributed by atoms with Crippen molar-refractivity contribution in [3.63, 3.8) is 0 Å². The third-order valence-electron chi connectivity index (χ3n) is 2.74. The summed E-state index contributed by atoms with van der Waals surface area (Å²) >= 11 is 0. The van der Waals surface area contributed by atoms with Gasteiger partial charge in [0.15, 0.2) is 0 Å². The van der Waals surface area contributed by atoms with Gasteiger partial charge < -0.3 is 5.11 Å². The first kappa shape index (κ1) is 14.0. The molecule has 0 aliphatic heterocycles. The molecule has 0 saturated heterocycles. The van der Waals surface area contributed by atoms with Crippen LogP contribution < -0.4 is 0 Å². The summed E-state index contributed by atoms with van der Waals surface area (Å²) in [4.78, 5) is 10.8. The molecular formula is C14H8F4O2. The van der Waals surface area contributed by atoms with Gasteiger partial charge in [-0.1, -0.05) is 24.3 Å². The van der Waals surface area contributed by atoms with Gasteiger partial charge in [0.1, 0.15) is 5.82 Å². The highest BCUT2D eigenvalue weighted by Gasteiger charge is 2.35. The number of aromatic carboxylic acids is 1. The molecule has 2 aromatic carbocycles. The van der Waals surface area contributed by atoms with Crippen LogP contribution in [0.1, 0.15) is 15.9 Å². The minimum absolute atomic E-state index is 0.0186. The average Bonchev–Trinajstić information content (AvgIpc) is 2.37. The molecule has 20 heavy (non-hydrogen) atoms. The second-order valence-corrected chi connectivity index (χ2v) is 4.04. The van der Waals surface area contributed by atoms with Crippen LogP contribution in [-0.4, -0.2) is 11.1 Å². The van der Waals surface area contributed by atoms with E-state index in [2.05, 4.69) is 0 Å². The van der Waals surface area contributed by atoms with Crippen LogP contribution in [0.25, 0.3) is 11.1 Å². The summed E-state index contributed by atoms with van der Waals surface area (Å²) in [5, 5.41) is 8.77. The lowest BCUT2D eigenvalue weighted by Crippen LogP contribution is -2.13. The molecule has 2 rings (SSSR count). The summed E-state index contributed by atoms with van der Waals surface area (Å²) in [7, 11) is 0. The smallest absolute Gasteiger partial charge is 0.417 e. The van der Waals surface area contributed by atoms with E-state index in [4.69, 9.17) is 5.11 Å². The molecule has 0 aliphatic carbocycles. The van der Waals surface area contributed by atoms with Gasteiger partial charge in [-0.3, -0.25) is 0 Å². The lowest BCUT2D eigenvalue weighted by Gasteiger charge is -2.12. The van der Waals surface area contributed by atoms with Crippen LogP contribution in [0.2, 0.25) is 0 Å². The van der Waals surface area contributed by atoms with Crippen molar-refractivity contribution in [1.29, 1.82) is 0 Å². The molecule has 0 heterocycles. The van der Waals surface area contributed by atoms with Gasteiger partial charge >= 0.3 is 12.1 Å². The highest BCUT2D eigenvalue weighted by molar-refractivity contribution is 5.90. The fourth-order valence-corrected chi connectivity index (χ4v) is 1.83. The molecule has 0 spiro atoms. The number of carboxylic acids is 1. The fourth-order valence-electron chi connectivity index (χ4n) is 1.83. The molecule has 0 atom stereocenters. The number of carboxylic acid groups (broad SMARTS) is 1. The quantitative estimate of drug-likeness (QED) is 0.839. The highest BCUT2D eigenvalue weighted by atomic mass is 19.4. The maximum Gasteiger partial charge on any atom is 0.417 e. The number of alkyl halides is 3. The van der Waals surface area contributed by atoms with Crippen LogP contribution >= 0.6 is 0 Å². The zero-order valence-electron chi connectivity index (χ0n) is 9.91. The minimum atomic E-state index is -4.82. The molecule has 0 amide bonds. The summed E-state index contributed by atoms with van der Waals surface area (Å²) in [6.45, 7) is 0. The second kappa shape index (κ2) is 4.96. The normalized spacial score (nSPS) is 11.4. The number of halogens is 4. The van der Waals surface area contributed by atoms with Crippen molar-refractivity contribution in [2.75, 3.05) is 0 Å². The number of benzene rings is 2. The van der Waals surface area contributed by atoms with E-state index in [-0.39, 0.29) is 11.1 Å². The van der Waals surface area contributed by atoms with Gasteiger partial charge in [0.05, 0.1) is 11.1 Å². The molecule has 0 bridgehead atoms. The SMILES string of the molecule is O=C(O)c1ccc(-c2ccccc2F)cc1C(F)(F)F. The molecule has 6 heteroatoms. The van der Waals surface area contributed by atoms with Crippen LogP contribution in [0, 0.1) is 5.82 Å². The Balaban J connectivity index is 2.65. The summed E-state index contributed by atoms with van der Waals surface area (Å²) in [5.74, 6) is -2.36. The van der Waals surface area contributed by atoms with Gasteiger partial charge in [0, 0.05) is 5.56 Å². The second-order valence-electron chi connectivity index (χ2n) is 4.04. The minimum Gasteiger partial charge on any atom is -0.478 e. The van der Waals surface area contributed by atoms with Crippen molar-refractivity contribution in [1.82, 2.24) is 0 Å². The Morgan fingerprint density at radius 2 is 1.70 bits per heavy atom. The molecule has 1 N–H and O–H groups in total.